The minimum atomic E-state index is 0.118. The highest BCUT2D eigenvalue weighted by atomic mass is 16.2. The Morgan fingerprint density at radius 2 is 2.12 bits per heavy atom. The van der Waals surface area contributed by atoms with Gasteiger partial charge in [0.05, 0.1) is 0 Å². The molecule has 3 heteroatoms. The zero-order valence-electron chi connectivity index (χ0n) is 10.3. The van der Waals surface area contributed by atoms with Crippen molar-refractivity contribution in [3.05, 3.63) is 35.9 Å². The van der Waals surface area contributed by atoms with E-state index in [-0.39, 0.29) is 11.9 Å². The highest BCUT2D eigenvalue weighted by molar-refractivity contribution is 5.94. The average molecular weight is 232 g/mol. The van der Waals surface area contributed by atoms with Crippen LogP contribution in [0.4, 0.5) is 0 Å². The summed E-state index contributed by atoms with van der Waals surface area (Å²) in [6, 6.07) is 9.66. The molecule has 1 aromatic rings. The molecule has 0 saturated carbocycles. The van der Waals surface area contributed by atoms with E-state index in [0.717, 1.165) is 18.5 Å². The van der Waals surface area contributed by atoms with Gasteiger partial charge in [-0.2, -0.15) is 0 Å². The minimum Gasteiger partial charge on any atom is -0.334 e. The standard InChI is InChI=1S/C14H20N2O/c1-11-6-5-9-16(13(11)10-15)14(17)12-7-3-2-4-8-12/h2-4,7-8,11,13H,5-6,9-10,15H2,1H3. The van der Waals surface area contributed by atoms with Crippen molar-refractivity contribution in [3.8, 4) is 0 Å². The third-order valence-electron chi connectivity index (χ3n) is 3.64. The molecule has 1 aliphatic heterocycles. The summed E-state index contributed by atoms with van der Waals surface area (Å²) in [7, 11) is 0. The highest BCUT2D eigenvalue weighted by Gasteiger charge is 2.30. The number of amides is 1. The third kappa shape index (κ3) is 2.50. The van der Waals surface area contributed by atoms with Gasteiger partial charge in [0.1, 0.15) is 0 Å². The van der Waals surface area contributed by atoms with Crippen molar-refractivity contribution in [1.82, 2.24) is 4.90 Å². The Kier molecular flexibility index (Phi) is 3.79. The molecule has 0 bridgehead atoms. The predicted molar refractivity (Wildman–Crippen MR) is 68.7 cm³/mol. The molecule has 0 aliphatic carbocycles. The second-order valence-corrected chi connectivity index (χ2v) is 4.79. The van der Waals surface area contributed by atoms with Crippen molar-refractivity contribution >= 4 is 5.91 Å². The first-order chi connectivity index (χ1) is 8.24. The maximum absolute atomic E-state index is 12.4. The summed E-state index contributed by atoms with van der Waals surface area (Å²) < 4.78 is 0. The molecule has 2 atom stereocenters. The van der Waals surface area contributed by atoms with Gasteiger partial charge < -0.3 is 10.6 Å². The van der Waals surface area contributed by atoms with E-state index >= 15 is 0 Å². The number of hydrogen-bond donors (Lipinski definition) is 1. The zero-order valence-corrected chi connectivity index (χ0v) is 10.3. The van der Waals surface area contributed by atoms with Gasteiger partial charge in [0.2, 0.25) is 0 Å². The number of nitrogens with two attached hydrogens (primary N) is 1. The summed E-state index contributed by atoms with van der Waals surface area (Å²) >= 11 is 0. The second-order valence-electron chi connectivity index (χ2n) is 4.79. The van der Waals surface area contributed by atoms with E-state index in [1.165, 1.54) is 6.42 Å². The lowest BCUT2D eigenvalue weighted by Crippen LogP contribution is -2.51. The van der Waals surface area contributed by atoms with Crippen LogP contribution in [0.1, 0.15) is 30.1 Å². The first-order valence-corrected chi connectivity index (χ1v) is 6.30. The lowest BCUT2D eigenvalue weighted by atomic mass is 9.90. The Morgan fingerprint density at radius 3 is 2.76 bits per heavy atom. The van der Waals surface area contributed by atoms with Gasteiger partial charge in [0, 0.05) is 24.7 Å². The van der Waals surface area contributed by atoms with Gasteiger partial charge in [-0.25, -0.2) is 0 Å². The summed E-state index contributed by atoms with van der Waals surface area (Å²) in [5, 5.41) is 0. The van der Waals surface area contributed by atoms with Crippen LogP contribution in [0.15, 0.2) is 30.3 Å². The van der Waals surface area contributed by atoms with Gasteiger partial charge in [-0.05, 0) is 30.9 Å². The molecule has 17 heavy (non-hydrogen) atoms. The van der Waals surface area contributed by atoms with Crippen molar-refractivity contribution < 1.29 is 4.79 Å². The van der Waals surface area contributed by atoms with E-state index < -0.39 is 0 Å². The largest absolute Gasteiger partial charge is 0.334 e. The molecular weight excluding hydrogens is 212 g/mol. The fourth-order valence-electron chi connectivity index (χ4n) is 2.61. The van der Waals surface area contributed by atoms with Crippen molar-refractivity contribution in [3.63, 3.8) is 0 Å². The number of rotatable bonds is 2. The van der Waals surface area contributed by atoms with Gasteiger partial charge in [-0.1, -0.05) is 25.1 Å². The molecule has 2 unspecified atom stereocenters. The van der Waals surface area contributed by atoms with E-state index in [2.05, 4.69) is 6.92 Å². The summed E-state index contributed by atoms with van der Waals surface area (Å²) in [6.45, 7) is 3.57. The molecule has 1 aliphatic rings. The molecule has 1 heterocycles. The summed E-state index contributed by atoms with van der Waals surface area (Å²) in [5.74, 6) is 0.619. The Labute approximate surface area is 103 Å². The van der Waals surface area contributed by atoms with E-state index in [1.807, 2.05) is 35.2 Å². The quantitative estimate of drug-likeness (QED) is 0.846. The van der Waals surface area contributed by atoms with Crippen LogP contribution >= 0.6 is 0 Å². The summed E-state index contributed by atoms with van der Waals surface area (Å²) in [5.41, 5.74) is 6.57. The number of piperidine rings is 1. The van der Waals surface area contributed by atoms with Crippen LogP contribution in [0, 0.1) is 5.92 Å². The van der Waals surface area contributed by atoms with E-state index in [9.17, 15) is 4.79 Å². The molecule has 0 spiro atoms. The predicted octanol–water partition coefficient (Wildman–Crippen LogP) is 1.89. The average Bonchev–Trinajstić information content (AvgIpc) is 2.38. The third-order valence-corrected chi connectivity index (χ3v) is 3.64. The number of nitrogens with zero attached hydrogens (tertiary/aromatic N) is 1. The first kappa shape index (κ1) is 12.1. The molecular formula is C14H20N2O. The Balaban J connectivity index is 2.18. The molecule has 2 rings (SSSR count). The van der Waals surface area contributed by atoms with Crippen molar-refractivity contribution in [2.24, 2.45) is 11.7 Å². The van der Waals surface area contributed by atoms with Gasteiger partial charge in [-0.3, -0.25) is 4.79 Å². The van der Waals surface area contributed by atoms with Crippen LogP contribution in [0.2, 0.25) is 0 Å². The SMILES string of the molecule is CC1CCCN(C(=O)c2ccccc2)C1CN. The van der Waals surface area contributed by atoms with Crippen molar-refractivity contribution in [2.75, 3.05) is 13.1 Å². The number of hydrogen-bond acceptors (Lipinski definition) is 2. The summed E-state index contributed by atoms with van der Waals surface area (Å²) in [6.07, 6.45) is 2.25. The topological polar surface area (TPSA) is 46.3 Å². The molecule has 2 N–H and O–H groups in total. The molecule has 92 valence electrons. The fourth-order valence-corrected chi connectivity index (χ4v) is 2.61. The normalized spacial score (nSPS) is 24.7. The fraction of sp³-hybridized carbons (Fsp3) is 0.500. The number of carbonyl (C=O) groups is 1. The van der Waals surface area contributed by atoms with E-state index in [4.69, 9.17) is 5.73 Å². The molecule has 0 radical (unpaired) electrons. The first-order valence-electron chi connectivity index (χ1n) is 6.30. The zero-order chi connectivity index (χ0) is 12.3. The smallest absolute Gasteiger partial charge is 0.254 e. The summed E-state index contributed by atoms with van der Waals surface area (Å²) in [4.78, 5) is 14.3. The van der Waals surface area contributed by atoms with Crippen LogP contribution in [0.25, 0.3) is 0 Å². The van der Waals surface area contributed by atoms with Gasteiger partial charge in [0.15, 0.2) is 0 Å². The van der Waals surface area contributed by atoms with Crippen LogP contribution in [0.3, 0.4) is 0 Å². The van der Waals surface area contributed by atoms with Crippen LogP contribution in [-0.4, -0.2) is 29.9 Å². The molecule has 3 nitrogen and oxygen atoms in total. The maximum atomic E-state index is 12.4. The molecule has 1 amide bonds. The van der Waals surface area contributed by atoms with Crippen molar-refractivity contribution in [1.29, 1.82) is 0 Å². The van der Waals surface area contributed by atoms with Gasteiger partial charge in [0.25, 0.3) is 5.91 Å². The van der Waals surface area contributed by atoms with Crippen molar-refractivity contribution in [2.45, 2.75) is 25.8 Å². The number of benzene rings is 1. The molecule has 1 fully saturated rings. The lowest BCUT2D eigenvalue weighted by Gasteiger charge is -2.39. The second kappa shape index (κ2) is 5.32. The lowest BCUT2D eigenvalue weighted by molar-refractivity contribution is 0.0532. The number of likely N-dealkylation sites (tertiary alicyclic amines) is 1. The Morgan fingerprint density at radius 1 is 1.41 bits per heavy atom. The van der Waals surface area contributed by atoms with Gasteiger partial charge in [-0.15, -0.1) is 0 Å². The van der Waals surface area contributed by atoms with Crippen LogP contribution in [0.5, 0.6) is 0 Å². The molecule has 1 aromatic carbocycles. The van der Waals surface area contributed by atoms with Crippen LogP contribution < -0.4 is 5.73 Å². The Hall–Kier alpha value is -1.35. The van der Waals surface area contributed by atoms with Crippen LogP contribution in [-0.2, 0) is 0 Å². The molecule has 0 aromatic heterocycles. The Bertz CT molecular complexity index is 377. The molecule has 1 saturated heterocycles. The monoisotopic (exact) mass is 232 g/mol. The highest BCUT2D eigenvalue weighted by Crippen LogP contribution is 2.24. The van der Waals surface area contributed by atoms with E-state index in [1.54, 1.807) is 0 Å². The minimum absolute atomic E-state index is 0.118. The number of carbonyl (C=O) groups excluding carboxylic acids is 1. The van der Waals surface area contributed by atoms with E-state index in [0.29, 0.717) is 12.5 Å². The maximum Gasteiger partial charge on any atom is 0.254 e. The van der Waals surface area contributed by atoms with Gasteiger partial charge >= 0.3 is 0 Å².